The van der Waals surface area contributed by atoms with Gasteiger partial charge in [-0.15, -0.1) is 0 Å². The Morgan fingerprint density at radius 1 is 1.44 bits per heavy atom. The van der Waals surface area contributed by atoms with Crippen molar-refractivity contribution < 1.29 is 22.7 Å². The predicted octanol–water partition coefficient (Wildman–Crippen LogP) is -0.365. The van der Waals surface area contributed by atoms with Gasteiger partial charge in [-0.25, -0.2) is 13.6 Å². The van der Waals surface area contributed by atoms with Crippen molar-refractivity contribution in [1.29, 1.82) is 0 Å². The molecule has 0 atom stereocenters. The monoisotopic (exact) mass is 251 g/mol. The van der Waals surface area contributed by atoms with Gasteiger partial charge in [0.2, 0.25) is 10.0 Å². The molecule has 0 saturated carbocycles. The SMILES string of the molecule is CC(=O)OCC1(CS(N)(=O)=O)CCOCC1. The van der Waals surface area contributed by atoms with E-state index in [0.717, 1.165) is 0 Å². The quantitative estimate of drug-likeness (QED) is 0.688. The highest BCUT2D eigenvalue weighted by Gasteiger charge is 2.37. The lowest BCUT2D eigenvalue weighted by Crippen LogP contribution is -2.42. The minimum Gasteiger partial charge on any atom is -0.465 e. The minimum atomic E-state index is -3.58. The molecule has 0 aliphatic carbocycles. The molecule has 1 rings (SSSR count). The number of rotatable bonds is 4. The van der Waals surface area contributed by atoms with E-state index < -0.39 is 21.4 Å². The third-order valence-corrected chi connectivity index (χ3v) is 3.66. The van der Waals surface area contributed by atoms with E-state index in [1.165, 1.54) is 6.92 Å². The van der Waals surface area contributed by atoms with Gasteiger partial charge in [0.05, 0.1) is 12.4 Å². The molecule has 0 bridgehead atoms. The lowest BCUT2D eigenvalue weighted by molar-refractivity contribution is -0.146. The summed E-state index contributed by atoms with van der Waals surface area (Å²) in [6.45, 7) is 2.32. The molecule has 0 unspecified atom stereocenters. The fourth-order valence-corrected chi connectivity index (χ4v) is 3.04. The summed E-state index contributed by atoms with van der Waals surface area (Å²) < 4.78 is 32.4. The highest BCUT2D eigenvalue weighted by Crippen LogP contribution is 2.32. The van der Waals surface area contributed by atoms with Gasteiger partial charge in [-0.1, -0.05) is 0 Å². The number of carbonyl (C=O) groups excluding carboxylic acids is 1. The van der Waals surface area contributed by atoms with Crippen molar-refractivity contribution in [2.45, 2.75) is 19.8 Å². The summed E-state index contributed by atoms with van der Waals surface area (Å²) in [4.78, 5) is 10.8. The van der Waals surface area contributed by atoms with Gasteiger partial charge in [0.15, 0.2) is 0 Å². The number of ether oxygens (including phenoxy) is 2. The number of nitrogens with two attached hydrogens (primary N) is 1. The van der Waals surface area contributed by atoms with Gasteiger partial charge >= 0.3 is 5.97 Å². The van der Waals surface area contributed by atoms with E-state index >= 15 is 0 Å². The van der Waals surface area contributed by atoms with Crippen LogP contribution in [0, 0.1) is 5.41 Å². The number of primary sulfonamides is 1. The highest BCUT2D eigenvalue weighted by atomic mass is 32.2. The molecule has 1 fully saturated rings. The summed E-state index contributed by atoms with van der Waals surface area (Å²) in [5.41, 5.74) is -0.586. The Hall–Kier alpha value is -0.660. The third-order valence-electron chi connectivity index (χ3n) is 2.64. The van der Waals surface area contributed by atoms with Gasteiger partial charge < -0.3 is 9.47 Å². The zero-order chi connectivity index (χ0) is 12.2. The largest absolute Gasteiger partial charge is 0.465 e. The van der Waals surface area contributed by atoms with Crippen LogP contribution >= 0.6 is 0 Å². The molecule has 0 spiro atoms. The van der Waals surface area contributed by atoms with E-state index in [4.69, 9.17) is 14.6 Å². The van der Waals surface area contributed by atoms with E-state index in [2.05, 4.69) is 0 Å². The first-order valence-corrected chi connectivity index (χ1v) is 6.76. The molecular formula is C9H17NO5S. The summed E-state index contributed by atoms with van der Waals surface area (Å²) in [6, 6.07) is 0. The van der Waals surface area contributed by atoms with Crippen LogP contribution in [0.25, 0.3) is 0 Å². The maximum atomic E-state index is 11.1. The first-order chi connectivity index (χ1) is 7.33. The van der Waals surface area contributed by atoms with Gasteiger partial charge in [0.1, 0.15) is 0 Å². The van der Waals surface area contributed by atoms with Crippen molar-refractivity contribution in [3.05, 3.63) is 0 Å². The molecule has 1 saturated heterocycles. The van der Waals surface area contributed by atoms with Gasteiger partial charge in [0, 0.05) is 25.6 Å². The normalized spacial score (nSPS) is 20.4. The van der Waals surface area contributed by atoms with E-state index in [0.29, 0.717) is 26.1 Å². The third kappa shape index (κ3) is 4.46. The highest BCUT2D eigenvalue weighted by molar-refractivity contribution is 7.89. The molecule has 1 aliphatic rings. The van der Waals surface area contributed by atoms with Gasteiger partial charge in [-0.2, -0.15) is 0 Å². The topological polar surface area (TPSA) is 95.7 Å². The lowest BCUT2D eigenvalue weighted by Gasteiger charge is -2.35. The number of esters is 1. The molecular weight excluding hydrogens is 234 g/mol. The molecule has 0 radical (unpaired) electrons. The zero-order valence-corrected chi connectivity index (χ0v) is 10.1. The molecule has 0 amide bonds. The van der Waals surface area contributed by atoms with Gasteiger partial charge in [0.25, 0.3) is 0 Å². The van der Waals surface area contributed by atoms with Gasteiger partial charge in [-0.3, -0.25) is 4.79 Å². The molecule has 6 nitrogen and oxygen atoms in total. The summed E-state index contributed by atoms with van der Waals surface area (Å²) in [7, 11) is -3.58. The summed E-state index contributed by atoms with van der Waals surface area (Å²) in [5.74, 6) is -0.586. The van der Waals surface area contributed by atoms with Crippen LogP contribution < -0.4 is 5.14 Å². The lowest BCUT2D eigenvalue weighted by atomic mass is 9.83. The second-order valence-electron chi connectivity index (χ2n) is 4.20. The van der Waals surface area contributed by atoms with Crippen LogP contribution in [0.1, 0.15) is 19.8 Å². The van der Waals surface area contributed by atoms with Crippen LogP contribution in [-0.2, 0) is 24.3 Å². The number of hydrogen-bond acceptors (Lipinski definition) is 5. The zero-order valence-electron chi connectivity index (χ0n) is 9.27. The fraction of sp³-hybridized carbons (Fsp3) is 0.889. The van der Waals surface area contributed by atoms with Crippen LogP contribution in [0.2, 0.25) is 0 Å². The summed E-state index contributed by atoms with van der Waals surface area (Å²) >= 11 is 0. The van der Waals surface area contributed by atoms with Crippen LogP contribution in [-0.4, -0.2) is 40.0 Å². The number of sulfonamides is 1. The van der Waals surface area contributed by atoms with Crippen molar-refractivity contribution in [1.82, 2.24) is 0 Å². The smallest absolute Gasteiger partial charge is 0.302 e. The van der Waals surface area contributed by atoms with Crippen LogP contribution in [0.3, 0.4) is 0 Å². The van der Waals surface area contributed by atoms with Crippen molar-refractivity contribution in [3.63, 3.8) is 0 Å². The maximum Gasteiger partial charge on any atom is 0.302 e. The number of hydrogen-bond donors (Lipinski definition) is 1. The Morgan fingerprint density at radius 2 is 2.00 bits per heavy atom. The first kappa shape index (κ1) is 13.4. The van der Waals surface area contributed by atoms with Crippen molar-refractivity contribution in [3.8, 4) is 0 Å². The Labute approximate surface area is 95.1 Å². The Kier molecular flexibility index (Phi) is 4.28. The van der Waals surface area contributed by atoms with E-state index in [-0.39, 0.29) is 12.4 Å². The van der Waals surface area contributed by atoms with E-state index in [9.17, 15) is 13.2 Å². The average Bonchev–Trinajstić information content (AvgIpc) is 2.14. The van der Waals surface area contributed by atoms with E-state index in [1.54, 1.807) is 0 Å². The van der Waals surface area contributed by atoms with Crippen molar-refractivity contribution >= 4 is 16.0 Å². The molecule has 0 aromatic heterocycles. The van der Waals surface area contributed by atoms with Crippen molar-refractivity contribution in [2.75, 3.05) is 25.6 Å². The molecule has 0 aromatic carbocycles. The van der Waals surface area contributed by atoms with Crippen LogP contribution in [0.15, 0.2) is 0 Å². The molecule has 94 valence electrons. The van der Waals surface area contributed by atoms with Crippen LogP contribution in [0.5, 0.6) is 0 Å². The average molecular weight is 251 g/mol. The van der Waals surface area contributed by atoms with Crippen molar-refractivity contribution in [2.24, 2.45) is 10.6 Å². The maximum absolute atomic E-state index is 11.1. The fourth-order valence-electron chi connectivity index (χ4n) is 1.82. The molecule has 7 heteroatoms. The first-order valence-electron chi connectivity index (χ1n) is 5.05. The second kappa shape index (κ2) is 5.11. The predicted molar refractivity (Wildman–Crippen MR) is 57.1 cm³/mol. The molecule has 16 heavy (non-hydrogen) atoms. The standard InChI is InChI=1S/C9H17NO5S/c1-8(11)15-6-9(7-16(10,12)13)2-4-14-5-3-9/h2-7H2,1H3,(H2,10,12,13). The molecule has 0 aromatic rings. The Balaban J connectivity index is 2.71. The minimum absolute atomic E-state index is 0.0854. The molecule has 1 aliphatic heterocycles. The summed E-state index contributed by atoms with van der Waals surface area (Å²) in [6.07, 6.45) is 1.08. The van der Waals surface area contributed by atoms with E-state index in [1.807, 2.05) is 0 Å². The molecule has 1 heterocycles. The van der Waals surface area contributed by atoms with Crippen LogP contribution in [0.4, 0.5) is 0 Å². The number of carbonyl (C=O) groups is 1. The Bertz CT molecular complexity index is 345. The second-order valence-corrected chi connectivity index (χ2v) is 5.81. The molecule has 2 N–H and O–H groups in total. The summed E-state index contributed by atoms with van der Waals surface area (Å²) in [5, 5.41) is 5.05. The Morgan fingerprint density at radius 3 is 2.44 bits per heavy atom. The van der Waals surface area contributed by atoms with Gasteiger partial charge in [-0.05, 0) is 12.8 Å².